The number of hydrogen-bond donors (Lipinski definition) is 1. The molecule has 7 heteroatoms. The van der Waals surface area contributed by atoms with Gasteiger partial charge in [-0.2, -0.15) is 0 Å². The average molecular weight is 391 g/mol. The highest BCUT2D eigenvalue weighted by molar-refractivity contribution is 8.00. The quantitative estimate of drug-likeness (QED) is 0.733. The van der Waals surface area contributed by atoms with Gasteiger partial charge < -0.3 is 9.88 Å². The number of thioether (sulfide) groups is 1. The molecule has 146 valence electrons. The van der Waals surface area contributed by atoms with Crippen LogP contribution in [-0.2, 0) is 4.79 Å². The summed E-state index contributed by atoms with van der Waals surface area (Å²) in [7, 11) is 0. The summed E-state index contributed by atoms with van der Waals surface area (Å²) in [4.78, 5) is 12.6. The van der Waals surface area contributed by atoms with Crippen molar-refractivity contribution in [3.63, 3.8) is 0 Å². The Morgan fingerprint density at radius 3 is 2.52 bits per heavy atom. The number of rotatable bonds is 6. The van der Waals surface area contributed by atoms with E-state index in [1.165, 1.54) is 43.2 Å². The van der Waals surface area contributed by atoms with E-state index in [1.54, 1.807) is 12.1 Å². The fourth-order valence-corrected chi connectivity index (χ4v) is 4.54. The molecule has 27 heavy (non-hydrogen) atoms. The van der Waals surface area contributed by atoms with E-state index >= 15 is 0 Å². The van der Waals surface area contributed by atoms with E-state index in [0.717, 1.165) is 29.4 Å². The lowest BCUT2D eigenvalue weighted by Gasteiger charge is -2.25. The van der Waals surface area contributed by atoms with Gasteiger partial charge in [-0.05, 0) is 51.3 Å². The molecule has 1 fully saturated rings. The van der Waals surface area contributed by atoms with Crippen LogP contribution in [0.2, 0.25) is 0 Å². The lowest BCUT2D eigenvalue weighted by atomic mass is 9.95. The summed E-state index contributed by atoms with van der Waals surface area (Å²) in [6.07, 6.45) is 6.05. The first-order valence-electron chi connectivity index (χ1n) is 9.59. The summed E-state index contributed by atoms with van der Waals surface area (Å²) >= 11 is 1.45. The van der Waals surface area contributed by atoms with Crippen molar-refractivity contribution in [2.24, 2.45) is 0 Å². The van der Waals surface area contributed by atoms with Gasteiger partial charge in [-0.3, -0.25) is 4.79 Å². The molecule has 0 radical (unpaired) electrons. The summed E-state index contributed by atoms with van der Waals surface area (Å²) in [5.74, 6) is 0.572. The van der Waals surface area contributed by atoms with Gasteiger partial charge in [0.25, 0.3) is 0 Å². The molecule has 0 bridgehead atoms. The van der Waals surface area contributed by atoms with Gasteiger partial charge in [-0.25, -0.2) is 4.39 Å². The number of aryl methyl sites for hydroxylation is 1. The van der Waals surface area contributed by atoms with E-state index in [1.807, 2.05) is 20.8 Å². The number of nitrogens with zero attached hydrogens (tertiary/aromatic N) is 3. The van der Waals surface area contributed by atoms with Crippen LogP contribution in [0.1, 0.15) is 69.4 Å². The van der Waals surface area contributed by atoms with Crippen LogP contribution in [0.4, 0.5) is 4.39 Å². The highest BCUT2D eigenvalue weighted by atomic mass is 32.2. The highest BCUT2D eigenvalue weighted by Gasteiger charge is 2.25. The Morgan fingerprint density at radius 1 is 1.19 bits per heavy atom. The van der Waals surface area contributed by atoms with Gasteiger partial charge in [-0.1, -0.05) is 43.2 Å². The van der Waals surface area contributed by atoms with Crippen molar-refractivity contribution in [3.05, 3.63) is 41.5 Å². The summed E-state index contributed by atoms with van der Waals surface area (Å²) in [5.41, 5.74) is 0.878. The first kappa shape index (κ1) is 19.9. The number of benzene rings is 1. The number of carbonyl (C=O) groups is 1. The van der Waals surface area contributed by atoms with E-state index in [-0.39, 0.29) is 23.0 Å². The minimum absolute atomic E-state index is 0.0623. The molecule has 1 N–H and O–H groups in total. The minimum Gasteiger partial charge on any atom is -0.349 e. The third kappa shape index (κ3) is 4.89. The Hall–Kier alpha value is -1.89. The molecule has 0 unspecified atom stereocenters. The van der Waals surface area contributed by atoms with Crippen molar-refractivity contribution in [3.8, 4) is 0 Å². The van der Waals surface area contributed by atoms with Gasteiger partial charge in [0.1, 0.15) is 11.6 Å². The van der Waals surface area contributed by atoms with Crippen molar-refractivity contribution in [1.82, 2.24) is 20.1 Å². The molecular weight excluding hydrogens is 363 g/mol. The van der Waals surface area contributed by atoms with Gasteiger partial charge in [0.05, 0.1) is 11.3 Å². The molecule has 2 atom stereocenters. The molecule has 1 saturated carbocycles. The number of carbonyl (C=O) groups excluding carboxylic acids is 1. The Labute approximate surface area is 164 Å². The second-order valence-electron chi connectivity index (χ2n) is 7.23. The summed E-state index contributed by atoms with van der Waals surface area (Å²) in [5, 5.41) is 12.1. The van der Waals surface area contributed by atoms with Gasteiger partial charge in [0, 0.05) is 6.04 Å². The fourth-order valence-electron chi connectivity index (χ4n) is 3.57. The highest BCUT2D eigenvalue weighted by Crippen LogP contribution is 2.33. The van der Waals surface area contributed by atoms with Gasteiger partial charge >= 0.3 is 0 Å². The maximum Gasteiger partial charge on any atom is 0.233 e. The number of aromatic nitrogens is 3. The number of hydrogen-bond acceptors (Lipinski definition) is 4. The normalized spacial score (nSPS) is 17.5. The molecule has 5 nitrogen and oxygen atoms in total. The number of amides is 1. The zero-order valence-corrected chi connectivity index (χ0v) is 16.9. The van der Waals surface area contributed by atoms with Crippen LogP contribution in [0, 0.1) is 12.7 Å². The molecule has 1 heterocycles. The minimum atomic E-state index is -0.293. The predicted molar refractivity (Wildman–Crippen MR) is 105 cm³/mol. The van der Waals surface area contributed by atoms with Crippen molar-refractivity contribution < 1.29 is 9.18 Å². The summed E-state index contributed by atoms with van der Waals surface area (Å²) < 4.78 is 15.3. The van der Waals surface area contributed by atoms with E-state index in [2.05, 4.69) is 20.1 Å². The smallest absolute Gasteiger partial charge is 0.233 e. The largest absolute Gasteiger partial charge is 0.349 e. The molecule has 0 saturated heterocycles. The first-order chi connectivity index (χ1) is 13.0. The zero-order valence-electron chi connectivity index (χ0n) is 16.1. The maximum absolute atomic E-state index is 13.1. The molecule has 1 aromatic heterocycles. The van der Waals surface area contributed by atoms with Crippen LogP contribution in [0.3, 0.4) is 0 Å². The second-order valence-corrected chi connectivity index (χ2v) is 8.54. The third-order valence-corrected chi connectivity index (χ3v) is 6.21. The van der Waals surface area contributed by atoms with E-state index in [4.69, 9.17) is 0 Å². The Kier molecular flexibility index (Phi) is 6.52. The topological polar surface area (TPSA) is 59.8 Å². The predicted octanol–water partition coefficient (Wildman–Crippen LogP) is 4.59. The van der Waals surface area contributed by atoms with Gasteiger partial charge in [-0.15, -0.1) is 10.2 Å². The van der Waals surface area contributed by atoms with Crippen LogP contribution < -0.4 is 5.32 Å². The molecular formula is C20H27FN4OS. The van der Waals surface area contributed by atoms with Crippen LogP contribution in [0.5, 0.6) is 0 Å². The van der Waals surface area contributed by atoms with E-state index in [0.29, 0.717) is 6.04 Å². The van der Waals surface area contributed by atoms with Crippen molar-refractivity contribution >= 4 is 17.7 Å². The van der Waals surface area contributed by atoms with Crippen LogP contribution in [0.15, 0.2) is 29.4 Å². The standard InChI is InChI=1S/C20H27FN4OS/c1-13(16-9-11-17(21)12-10-16)22-19(26)14(2)27-20-24-23-15(3)25(20)18-7-5-4-6-8-18/h9-14,18H,4-8H2,1-3H3,(H,22,26)/t13-,14-/m1/s1. The number of nitrogens with one attached hydrogen (secondary N) is 1. The molecule has 0 aliphatic heterocycles. The molecule has 1 aromatic carbocycles. The van der Waals surface area contributed by atoms with Crippen LogP contribution >= 0.6 is 11.8 Å². The van der Waals surface area contributed by atoms with E-state index in [9.17, 15) is 9.18 Å². The van der Waals surface area contributed by atoms with Crippen LogP contribution in [0.25, 0.3) is 0 Å². The maximum atomic E-state index is 13.1. The van der Waals surface area contributed by atoms with Crippen molar-refractivity contribution in [2.75, 3.05) is 0 Å². The first-order valence-corrected chi connectivity index (χ1v) is 10.5. The zero-order chi connectivity index (χ0) is 19.4. The summed E-state index contributed by atoms with van der Waals surface area (Å²) in [6.45, 7) is 5.76. The molecule has 1 aliphatic rings. The molecule has 1 amide bonds. The Balaban J connectivity index is 1.63. The number of halogens is 1. The Bertz CT molecular complexity index is 771. The summed E-state index contributed by atoms with van der Waals surface area (Å²) in [6, 6.07) is 6.46. The van der Waals surface area contributed by atoms with Crippen molar-refractivity contribution in [2.45, 2.75) is 75.4 Å². The second kappa shape index (κ2) is 8.87. The lowest BCUT2D eigenvalue weighted by Crippen LogP contribution is -2.33. The SMILES string of the molecule is Cc1nnc(S[C@H](C)C(=O)N[C@H](C)c2ccc(F)cc2)n1C1CCCCC1. The average Bonchev–Trinajstić information content (AvgIpc) is 3.03. The Morgan fingerprint density at radius 2 is 1.85 bits per heavy atom. The molecule has 1 aliphatic carbocycles. The fraction of sp³-hybridized carbons (Fsp3) is 0.550. The molecule has 0 spiro atoms. The third-order valence-electron chi connectivity index (χ3n) is 5.16. The molecule has 2 aromatic rings. The monoisotopic (exact) mass is 390 g/mol. The van der Waals surface area contributed by atoms with Gasteiger partial charge in [0.2, 0.25) is 5.91 Å². The van der Waals surface area contributed by atoms with E-state index < -0.39 is 0 Å². The lowest BCUT2D eigenvalue weighted by molar-refractivity contribution is -0.120. The van der Waals surface area contributed by atoms with Crippen LogP contribution in [-0.4, -0.2) is 25.9 Å². The molecule has 3 rings (SSSR count). The van der Waals surface area contributed by atoms with Gasteiger partial charge in [0.15, 0.2) is 5.16 Å². The van der Waals surface area contributed by atoms with Crippen molar-refractivity contribution in [1.29, 1.82) is 0 Å².